The summed E-state index contributed by atoms with van der Waals surface area (Å²) < 4.78 is 44.7. The molecule has 2 aromatic carbocycles. The fourth-order valence-corrected chi connectivity index (χ4v) is 1.67. The first kappa shape index (κ1) is 15.2. The molecule has 1 unspecified atom stereocenters. The van der Waals surface area contributed by atoms with E-state index < -0.39 is 23.6 Å². The molecular weight excluding hydrogens is 283 g/mol. The van der Waals surface area contributed by atoms with E-state index in [0.717, 1.165) is 18.2 Å². The number of hydrogen-bond acceptors (Lipinski definition) is 3. The van der Waals surface area contributed by atoms with Gasteiger partial charge in [0.05, 0.1) is 5.69 Å². The molecule has 0 fully saturated rings. The first-order valence-corrected chi connectivity index (χ1v) is 6.30. The van der Waals surface area contributed by atoms with Crippen molar-refractivity contribution in [1.29, 1.82) is 0 Å². The Balaban J connectivity index is 1.84. The molecule has 3 nitrogen and oxygen atoms in total. The molecule has 0 aliphatic rings. The first-order valence-electron chi connectivity index (χ1n) is 6.30. The Hall–Kier alpha value is -2.21. The van der Waals surface area contributed by atoms with Gasteiger partial charge in [0.1, 0.15) is 24.3 Å². The number of hydrogen-bond donors (Lipinski definition) is 2. The van der Waals surface area contributed by atoms with Crippen molar-refractivity contribution in [1.82, 2.24) is 0 Å². The lowest BCUT2D eigenvalue weighted by molar-refractivity contribution is 0.115. The van der Waals surface area contributed by atoms with Crippen molar-refractivity contribution >= 4 is 5.69 Å². The highest BCUT2D eigenvalue weighted by Gasteiger charge is 2.09. The van der Waals surface area contributed by atoms with Gasteiger partial charge in [0.2, 0.25) is 0 Å². The molecule has 0 spiro atoms. The van der Waals surface area contributed by atoms with Gasteiger partial charge in [0.25, 0.3) is 0 Å². The summed E-state index contributed by atoms with van der Waals surface area (Å²) >= 11 is 0. The number of rotatable bonds is 6. The normalized spacial score (nSPS) is 12.0. The molecular formula is C15H14F3NO2. The van der Waals surface area contributed by atoms with E-state index in [0.29, 0.717) is 0 Å². The predicted molar refractivity (Wildman–Crippen MR) is 72.7 cm³/mol. The van der Waals surface area contributed by atoms with Crippen LogP contribution in [0.2, 0.25) is 0 Å². The maximum atomic E-state index is 13.3. The maximum absolute atomic E-state index is 13.3. The summed E-state index contributed by atoms with van der Waals surface area (Å²) in [4.78, 5) is 0. The van der Waals surface area contributed by atoms with Gasteiger partial charge in [-0.15, -0.1) is 0 Å². The van der Waals surface area contributed by atoms with Crippen LogP contribution < -0.4 is 10.1 Å². The molecule has 0 saturated carbocycles. The van der Waals surface area contributed by atoms with Gasteiger partial charge >= 0.3 is 0 Å². The summed E-state index contributed by atoms with van der Waals surface area (Å²) in [5, 5.41) is 12.3. The number of para-hydroxylation sites is 1. The summed E-state index contributed by atoms with van der Waals surface area (Å²) in [6.45, 7) is -0.236. The molecule has 0 heterocycles. The summed E-state index contributed by atoms with van der Waals surface area (Å²) in [5.41, 5.74) is -0.0556. The highest BCUT2D eigenvalue weighted by molar-refractivity contribution is 5.44. The lowest BCUT2D eigenvalue weighted by atomic mass is 10.2. The number of aliphatic hydroxyl groups excluding tert-OH is 1. The summed E-state index contributed by atoms with van der Waals surface area (Å²) in [6.07, 6.45) is -1.01. The molecule has 0 amide bonds. The molecule has 0 aliphatic heterocycles. The van der Waals surface area contributed by atoms with Gasteiger partial charge in [-0.1, -0.05) is 12.1 Å². The second-order valence-corrected chi connectivity index (χ2v) is 4.40. The Kier molecular flexibility index (Phi) is 5.05. The van der Waals surface area contributed by atoms with Crippen LogP contribution in [0.25, 0.3) is 0 Å². The Morgan fingerprint density at radius 3 is 2.57 bits per heavy atom. The van der Waals surface area contributed by atoms with Gasteiger partial charge in [0, 0.05) is 6.54 Å². The van der Waals surface area contributed by atoms with E-state index in [1.807, 2.05) is 0 Å². The van der Waals surface area contributed by atoms with E-state index in [4.69, 9.17) is 4.74 Å². The lowest BCUT2D eigenvalue weighted by Gasteiger charge is -2.14. The maximum Gasteiger partial charge on any atom is 0.165 e. The van der Waals surface area contributed by atoms with Crippen LogP contribution in [0.5, 0.6) is 5.75 Å². The van der Waals surface area contributed by atoms with Crippen LogP contribution in [0.1, 0.15) is 0 Å². The van der Waals surface area contributed by atoms with Gasteiger partial charge in [0.15, 0.2) is 11.6 Å². The van der Waals surface area contributed by atoms with Crippen LogP contribution >= 0.6 is 0 Å². The van der Waals surface area contributed by atoms with Gasteiger partial charge < -0.3 is 15.2 Å². The van der Waals surface area contributed by atoms with Crippen molar-refractivity contribution in [2.45, 2.75) is 6.10 Å². The van der Waals surface area contributed by atoms with Gasteiger partial charge in [-0.05, 0) is 30.3 Å². The molecule has 6 heteroatoms. The predicted octanol–water partition coefficient (Wildman–Crippen LogP) is 2.96. The Morgan fingerprint density at radius 1 is 1.05 bits per heavy atom. The molecule has 21 heavy (non-hydrogen) atoms. The minimum atomic E-state index is -1.01. The fourth-order valence-electron chi connectivity index (χ4n) is 1.67. The Labute approximate surface area is 120 Å². The van der Waals surface area contributed by atoms with E-state index in [9.17, 15) is 18.3 Å². The van der Waals surface area contributed by atoms with E-state index in [1.165, 1.54) is 18.2 Å². The van der Waals surface area contributed by atoms with E-state index in [1.54, 1.807) is 6.07 Å². The number of anilines is 1. The standard InChI is InChI=1S/C15H14F3NO2/c16-10-5-6-12(17)14(7-10)19-8-11(20)9-21-15-4-2-1-3-13(15)18/h1-7,11,19-20H,8-9H2. The van der Waals surface area contributed by atoms with Crippen molar-refractivity contribution in [2.75, 3.05) is 18.5 Å². The number of halogens is 3. The van der Waals surface area contributed by atoms with Gasteiger partial charge in [-0.3, -0.25) is 0 Å². The van der Waals surface area contributed by atoms with Crippen LogP contribution in [-0.2, 0) is 0 Å². The van der Waals surface area contributed by atoms with Gasteiger partial charge in [-0.2, -0.15) is 0 Å². The van der Waals surface area contributed by atoms with E-state index in [-0.39, 0.29) is 24.6 Å². The summed E-state index contributed by atoms with van der Waals surface area (Å²) in [6, 6.07) is 8.76. The highest BCUT2D eigenvalue weighted by Crippen LogP contribution is 2.17. The second-order valence-electron chi connectivity index (χ2n) is 4.40. The molecule has 0 radical (unpaired) electrons. The van der Waals surface area contributed by atoms with Crippen molar-refractivity contribution < 1.29 is 23.0 Å². The molecule has 0 aliphatic carbocycles. The van der Waals surface area contributed by atoms with Crippen molar-refractivity contribution in [3.8, 4) is 5.75 Å². The number of nitrogens with one attached hydrogen (secondary N) is 1. The Bertz CT molecular complexity index is 607. The average Bonchev–Trinajstić information content (AvgIpc) is 2.47. The molecule has 112 valence electrons. The van der Waals surface area contributed by atoms with Crippen LogP contribution in [0, 0.1) is 17.5 Å². The monoisotopic (exact) mass is 297 g/mol. The molecule has 2 N–H and O–H groups in total. The number of benzene rings is 2. The molecule has 1 atom stereocenters. The van der Waals surface area contributed by atoms with Crippen LogP contribution in [0.15, 0.2) is 42.5 Å². The van der Waals surface area contributed by atoms with E-state index in [2.05, 4.69) is 5.32 Å². The minimum absolute atomic E-state index is 0.0217. The lowest BCUT2D eigenvalue weighted by Crippen LogP contribution is -2.26. The fraction of sp³-hybridized carbons (Fsp3) is 0.200. The number of ether oxygens (including phenoxy) is 1. The topological polar surface area (TPSA) is 41.5 Å². The quantitative estimate of drug-likeness (QED) is 0.861. The minimum Gasteiger partial charge on any atom is -0.488 e. The zero-order valence-electron chi connectivity index (χ0n) is 11.0. The van der Waals surface area contributed by atoms with Gasteiger partial charge in [-0.25, -0.2) is 13.2 Å². The van der Waals surface area contributed by atoms with Crippen molar-refractivity contribution in [2.24, 2.45) is 0 Å². The van der Waals surface area contributed by atoms with Crippen LogP contribution in [-0.4, -0.2) is 24.4 Å². The second kappa shape index (κ2) is 6.99. The molecule has 2 aromatic rings. The Morgan fingerprint density at radius 2 is 1.81 bits per heavy atom. The highest BCUT2D eigenvalue weighted by atomic mass is 19.1. The summed E-state index contributed by atoms with van der Waals surface area (Å²) in [7, 11) is 0. The van der Waals surface area contributed by atoms with Crippen LogP contribution in [0.4, 0.5) is 18.9 Å². The molecule has 0 aromatic heterocycles. The molecule has 0 saturated heterocycles. The third-order valence-corrected chi connectivity index (χ3v) is 2.72. The average molecular weight is 297 g/mol. The van der Waals surface area contributed by atoms with Crippen LogP contribution in [0.3, 0.4) is 0 Å². The summed E-state index contributed by atoms with van der Waals surface area (Å²) in [5.74, 6) is -1.73. The SMILES string of the molecule is OC(CNc1cc(F)ccc1F)COc1ccccc1F. The first-order chi connectivity index (χ1) is 10.1. The van der Waals surface area contributed by atoms with Crippen molar-refractivity contribution in [3.05, 3.63) is 59.9 Å². The largest absolute Gasteiger partial charge is 0.488 e. The zero-order chi connectivity index (χ0) is 15.2. The molecule has 0 bridgehead atoms. The van der Waals surface area contributed by atoms with Crippen molar-refractivity contribution in [3.63, 3.8) is 0 Å². The smallest absolute Gasteiger partial charge is 0.165 e. The number of aliphatic hydroxyl groups is 1. The zero-order valence-corrected chi connectivity index (χ0v) is 11.0. The van der Waals surface area contributed by atoms with E-state index >= 15 is 0 Å². The molecule has 2 rings (SSSR count). The third kappa shape index (κ3) is 4.39. The third-order valence-electron chi connectivity index (χ3n) is 2.72.